The van der Waals surface area contributed by atoms with Crippen LogP contribution in [0.1, 0.15) is 12.8 Å². The Kier molecular flexibility index (Phi) is 3.85. The van der Waals surface area contributed by atoms with Gasteiger partial charge in [-0.1, -0.05) is 0 Å². The number of carbonyl (C=O) groups excluding carboxylic acids is 1. The molecular formula is C11H12N4O3. The predicted octanol–water partition coefficient (Wildman–Crippen LogP) is 1.38. The number of ether oxygens (including phenoxy) is 1. The van der Waals surface area contributed by atoms with Gasteiger partial charge in [-0.15, -0.1) is 10.2 Å². The van der Waals surface area contributed by atoms with E-state index in [0.717, 1.165) is 5.56 Å². The molecule has 0 aromatic carbocycles. The van der Waals surface area contributed by atoms with E-state index in [9.17, 15) is 4.79 Å². The highest BCUT2D eigenvalue weighted by Crippen LogP contribution is 2.15. The zero-order chi connectivity index (χ0) is 12.8. The van der Waals surface area contributed by atoms with Crippen molar-refractivity contribution in [3.63, 3.8) is 0 Å². The van der Waals surface area contributed by atoms with E-state index >= 15 is 0 Å². The fraction of sp³-hybridized carbons (Fsp3) is 0.273. The molecule has 0 fully saturated rings. The zero-order valence-electron chi connectivity index (χ0n) is 9.79. The molecule has 2 aromatic heterocycles. The van der Waals surface area contributed by atoms with Crippen molar-refractivity contribution in [1.82, 2.24) is 20.5 Å². The molecule has 1 amide bonds. The molecule has 1 N–H and O–H groups in total. The largest absolute Gasteiger partial charge is 0.450 e. The van der Waals surface area contributed by atoms with Crippen molar-refractivity contribution in [2.24, 2.45) is 0 Å². The van der Waals surface area contributed by atoms with Crippen molar-refractivity contribution >= 4 is 6.09 Å². The molecule has 0 aliphatic rings. The highest BCUT2D eigenvalue weighted by Gasteiger charge is 2.09. The third kappa shape index (κ3) is 3.03. The maximum absolute atomic E-state index is 11.1. The van der Waals surface area contributed by atoms with Crippen LogP contribution in [0.5, 0.6) is 0 Å². The fourth-order valence-corrected chi connectivity index (χ4v) is 1.27. The van der Waals surface area contributed by atoms with Crippen molar-refractivity contribution in [1.29, 1.82) is 0 Å². The highest BCUT2D eigenvalue weighted by molar-refractivity contribution is 5.66. The Bertz CT molecular complexity index is 512. The molecule has 2 rings (SSSR count). The lowest BCUT2D eigenvalue weighted by Gasteiger charge is -2.01. The number of hydrogen-bond donors (Lipinski definition) is 1. The molecule has 7 heteroatoms. The number of pyridine rings is 1. The number of hydrogen-bond acceptors (Lipinski definition) is 6. The molecule has 0 saturated carbocycles. The van der Waals surface area contributed by atoms with Crippen LogP contribution in [0.4, 0.5) is 4.79 Å². The molecule has 0 saturated heterocycles. The summed E-state index contributed by atoms with van der Waals surface area (Å²) >= 11 is 0. The van der Waals surface area contributed by atoms with Gasteiger partial charge in [0.15, 0.2) is 0 Å². The lowest BCUT2D eigenvalue weighted by atomic mass is 10.3. The minimum atomic E-state index is -0.513. The highest BCUT2D eigenvalue weighted by atomic mass is 16.5. The van der Waals surface area contributed by atoms with Crippen LogP contribution in [0.2, 0.25) is 0 Å². The summed E-state index contributed by atoms with van der Waals surface area (Å²) in [6.45, 7) is 2.18. The Hall–Kier alpha value is -2.44. The summed E-state index contributed by atoms with van der Waals surface area (Å²) < 4.78 is 10.1. The van der Waals surface area contributed by atoms with E-state index < -0.39 is 6.09 Å². The van der Waals surface area contributed by atoms with Crippen LogP contribution >= 0.6 is 0 Å². The Morgan fingerprint density at radius 2 is 2.17 bits per heavy atom. The maximum Gasteiger partial charge on any atom is 0.407 e. The molecule has 18 heavy (non-hydrogen) atoms. The number of rotatable bonds is 4. The predicted molar refractivity (Wildman–Crippen MR) is 61.4 cm³/mol. The summed E-state index contributed by atoms with van der Waals surface area (Å²) in [5.74, 6) is 0.702. The van der Waals surface area contributed by atoms with E-state index in [4.69, 9.17) is 9.15 Å². The third-order valence-corrected chi connectivity index (χ3v) is 2.05. The number of carbonyl (C=O) groups is 1. The second-order valence-corrected chi connectivity index (χ2v) is 3.31. The minimum Gasteiger partial charge on any atom is -0.450 e. The molecule has 0 spiro atoms. The van der Waals surface area contributed by atoms with Gasteiger partial charge in [0.1, 0.15) is 0 Å². The molecular weight excluding hydrogens is 236 g/mol. The minimum absolute atomic E-state index is 0.136. The fourth-order valence-electron chi connectivity index (χ4n) is 1.27. The number of amides is 1. The van der Waals surface area contributed by atoms with Crippen LogP contribution < -0.4 is 5.32 Å². The summed E-state index contributed by atoms with van der Waals surface area (Å²) in [5.41, 5.74) is 0.778. The Labute approximate surface area is 103 Å². The second-order valence-electron chi connectivity index (χ2n) is 3.31. The summed E-state index contributed by atoms with van der Waals surface area (Å²) in [4.78, 5) is 15.0. The molecule has 2 heterocycles. The van der Waals surface area contributed by atoms with Crippen molar-refractivity contribution in [3.8, 4) is 11.5 Å². The van der Waals surface area contributed by atoms with Gasteiger partial charge in [-0.25, -0.2) is 4.79 Å². The smallest absolute Gasteiger partial charge is 0.407 e. The molecule has 7 nitrogen and oxygen atoms in total. The van der Waals surface area contributed by atoms with Crippen LogP contribution in [0.3, 0.4) is 0 Å². The third-order valence-electron chi connectivity index (χ3n) is 2.05. The van der Waals surface area contributed by atoms with E-state index in [1.54, 1.807) is 31.5 Å². The first kappa shape index (κ1) is 12.0. The molecule has 94 valence electrons. The van der Waals surface area contributed by atoms with Crippen LogP contribution in [0.25, 0.3) is 11.5 Å². The lowest BCUT2D eigenvalue weighted by molar-refractivity contribution is 0.150. The maximum atomic E-state index is 11.1. The summed E-state index contributed by atoms with van der Waals surface area (Å²) in [6, 6.07) is 3.52. The molecule has 0 aliphatic carbocycles. The molecule has 0 bridgehead atoms. The van der Waals surface area contributed by atoms with Crippen LogP contribution in [0.15, 0.2) is 28.9 Å². The van der Waals surface area contributed by atoms with Gasteiger partial charge in [-0.05, 0) is 19.1 Å². The first-order valence-electron chi connectivity index (χ1n) is 5.43. The van der Waals surface area contributed by atoms with Crippen LogP contribution in [0, 0.1) is 0 Å². The van der Waals surface area contributed by atoms with Gasteiger partial charge in [0.2, 0.25) is 11.8 Å². The van der Waals surface area contributed by atoms with Gasteiger partial charge < -0.3 is 14.5 Å². The molecule has 0 unspecified atom stereocenters. The topological polar surface area (TPSA) is 90.1 Å². The lowest BCUT2D eigenvalue weighted by Crippen LogP contribution is -2.23. The summed E-state index contributed by atoms with van der Waals surface area (Å²) in [7, 11) is 0. The number of alkyl carbamates (subject to hydrolysis) is 1. The zero-order valence-corrected chi connectivity index (χ0v) is 9.79. The van der Waals surface area contributed by atoms with Crippen LogP contribution in [-0.4, -0.2) is 27.9 Å². The SMILES string of the molecule is CCOC(=O)NCc1nnc(-c2ccncc2)o1. The number of nitrogens with one attached hydrogen (secondary N) is 1. The summed E-state index contributed by atoms with van der Waals surface area (Å²) in [6.07, 6.45) is 2.76. The van der Waals surface area contributed by atoms with E-state index in [1.165, 1.54) is 0 Å². The van der Waals surface area contributed by atoms with E-state index in [0.29, 0.717) is 18.4 Å². The Morgan fingerprint density at radius 3 is 2.89 bits per heavy atom. The number of nitrogens with zero attached hydrogens (tertiary/aromatic N) is 3. The van der Waals surface area contributed by atoms with Crippen molar-refractivity contribution in [2.75, 3.05) is 6.61 Å². The monoisotopic (exact) mass is 248 g/mol. The van der Waals surface area contributed by atoms with Crippen molar-refractivity contribution in [3.05, 3.63) is 30.4 Å². The van der Waals surface area contributed by atoms with Gasteiger partial charge in [0.05, 0.1) is 13.2 Å². The van der Waals surface area contributed by atoms with Crippen LogP contribution in [-0.2, 0) is 11.3 Å². The Morgan fingerprint density at radius 1 is 1.39 bits per heavy atom. The average Bonchev–Trinajstić information content (AvgIpc) is 2.87. The number of aromatic nitrogens is 3. The van der Waals surface area contributed by atoms with E-state index in [2.05, 4.69) is 20.5 Å². The molecule has 2 aromatic rings. The van der Waals surface area contributed by atoms with Crippen molar-refractivity contribution in [2.45, 2.75) is 13.5 Å². The molecule has 0 atom stereocenters. The Balaban J connectivity index is 1.97. The van der Waals surface area contributed by atoms with Crippen molar-refractivity contribution < 1.29 is 13.9 Å². The van der Waals surface area contributed by atoms with Gasteiger partial charge in [-0.2, -0.15) is 0 Å². The quantitative estimate of drug-likeness (QED) is 0.878. The van der Waals surface area contributed by atoms with Gasteiger partial charge in [-0.3, -0.25) is 4.98 Å². The standard InChI is InChI=1S/C11H12N4O3/c1-2-17-11(16)13-7-9-14-15-10(18-9)8-3-5-12-6-4-8/h3-6H,2,7H2,1H3,(H,13,16). The normalized spacial score (nSPS) is 10.1. The van der Waals surface area contributed by atoms with E-state index in [-0.39, 0.29) is 6.54 Å². The van der Waals surface area contributed by atoms with Gasteiger partial charge in [0, 0.05) is 18.0 Å². The molecule has 0 aliphatic heterocycles. The molecule has 0 radical (unpaired) electrons. The first-order chi connectivity index (χ1) is 8.79. The first-order valence-corrected chi connectivity index (χ1v) is 5.43. The van der Waals surface area contributed by atoms with Gasteiger partial charge >= 0.3 is 6.09 Å². The second kappa shape index (κ2) is 5.76. The summed E-state index contributed by atoms with van der Waals surface area (Å²) in [5, 5.41) is 10.2. The average molecular weight is 248 g/mol. The van der Waals surface area contributed by atoms with E-state index in [1.807, 2.05) is 0 Å². The van der Waals surface area contributed by atoms with Gasteiger partial charge in [0.25, 0.3) is 0 Å².